The molecule has 1 aliphatic carbocycles. The third kappa shape index (κ3) is 6.02. The van der Waals surface area contributed by atoms with Crippen LogP contribution in [0.5, 0.6) is 0 Å². The van der Waals surface area contributed by atoms with Crippen LogP contribution in [0.1, 0.15) is 45.4 Å². The molecule has 124 valence electrons. The van der Waals surface area contributed by atoms with E-state index < -0.39 is 0 Å². The van der Waals surface area contributed by atoms with Crippen LogP contribution in [-0.2, 0) is 9.59 Å². The van der Waals surface area contributed by atoms with Gasteiger partial charge in [-0.3, -0.25) is 9.59 Å². The molecule has 1 aromatic carbocycles. The van der Waals surface area contributed by atoms with Gasteiger partial charge in [0.1, 0.15) is 0 Å². The summed E-state index contributed by atoms with van der Waals surface area (Å²) < 4.78 is 0. The van der Waals surface area contributed by atoms with Crippen molar-refractivity contribution >= 4 is 34.8 Å². The summed E-state index contributed by atoms with van der Waals surface area (Å²) in [6, 6.07) is 6.89. The fourth-order valence-electron chi connectivity index (χ4n) is 2.62. The number of hydrogen-bond acceptors (Lipinski definition) is 3. The number of hydrogen-bond donors (Lipinski definition) is 2. The lowest BCUT2D eigenvalue weighted by Crippen LogP contribution is -2.29. The number of halogens is 1. The van der Waals surface area contributed by atoms with Gasteiger partial charge in [-0.15, -0.1) is 0 Å². The SMILES string of the molecule is CC(CC(=O)Nc1ccc(Cl)cc1)=NNC(=O)C1CCCCC1. The summed E-state index contributed by atoms with van der Waals surface area (Å²) in [6.45, 7) is 1.72. The van der Waals surface area contributed by atoms with E-state index in [1.165, 1.54) is 6.42 Å². The Morgan fingerprint density at radius 3 is 2.48 bits per heavy atom. The molecule has 1 aromatic rings. The minimum Gasteiger partial charge on any atom is -0.326 e. The van der Waals surface area contributed by atoms with E-state index in [2.05, 4.69) is 15.8 Å². The molecule has 0 radical (unpaired) electrons. The van der Waals surface area contributed by atoms with Gasteiger partial charge in [0.05, 0.1) is 6.42 Å². The van der Waals surface area contributed by atoms with Crippen molar-refractivity contribution in [3.05, 3.63) is 29.3 Å². The van der Waals surface area contributed by atoms with Crippen LogP contribution >= 0.6 is 11.6 Å². The third-order valence-corrected chi connectivity index (χ3v) is 4.13. The molecule has 0 aliphatic heterocycles. The second-order valence-electron chi connectivity index (χ2n) is 5.89. The highest BCUT2D eigenvalue weighted by Crippen LogP contribution is 2.23. The lowest BCUT2D eigenvalue weighted by Gasteiger charge is -2.19. The second kappa shape index (κ2) is 8.67. The van der Waals surface area contributed by atoms with E-state index in [0.717, 1.165) is 25.7 Å². The molecule has 0 spiro atoms. The fourth-order valence-corrected chi connectivity index (χ4v) is 2.74. The van der Waals surface area contributed by atoms with Gasteiger partial charge in [-0.25, -0.2) is 5.43 Å². The summed E-state index contributed by atoms with van der Waals surface area (Å²) in [4.78, 5) is 23.9. The van der Waals surface area contributed by atoms with Crippen LogP contribution < -0.4 is 10.7 Å². The topological polar surface area (TPSA) is 70.6 Å². The van der Waals surface area contributed by atoms with Crippen LogP contribution in [0.3, 0.4) is 0 Å². The van der Waals surface area contributed by atoms with E-state index in [0.29, 0.717) is 16.4 Å². The summed E-state index contributed by atoms with van der Waals surface area (Å²) in [6.07, 6.45) is 5.40. The van der Waals surface area contributed by atoms with E-state index in [4.69, 9.17) is 11.6 Å². The first kappa shape index (κ1) is 17.5. The van der Waals surface area contributed by atoms with Crippen molar-refractivity contribution in [2.45, 2.75) is 45.4 Å². The first-order valence-electron chi connectivity index (χ1n) is 7.93. The summed E-state index contributed by atoms with van der Waals surface area (Å²) >= 11 is 5.80. The van der Waals surface area contributed by atoms with Gasteiger partial charge in [0.25, 0.3) is 0 Å². The Hall–Kier alpha value is -1.88. The first-order valence-corrected chi connectivity index (χ1v) is 8.31. The predicted octanol–water partition coefficient (Wildman–Crippen LogP) is 3.74. The van der Waals surface area contributed by atoms with E-state index >= 15 is 0 Å². The third-order valence-electron chi connectivity index (χ3n) is 3.88. The monoisotopic (exact) mass is 335 g/mol. The van der Waals surface area contributed by atoms with Gasteiger partial charge >= 0.3 is 0 Å². The van der Waals surface area contributed by atoms with Crippen LogP contribution in [0.15, 0.2) is 29.4 Å². The number of carbonyl (C=O) groups excluding carboxylic acids is 2. The zero-order valence-electron chi connectivity index (χ0n) is 13.3. The molecule has 6 heteroatoms. The Morgan fingerprint density at radius 2 is 1.83 bits per heavy atom. The number of nitrogens with zero attached hydrogens (tertiary/aromatic N) is 1. The lowest BCUT2D eigenvalue weighted by atomic mass is 9.89. The van der Waals surface area contributed by atoms with Crippen LogP contribution in [-0.4, -0.2) is 17.5 Å². The number of rotatable bonds is 5. The summed E-state index contributed by atoms with van der Waals surface area (Å²) in [5, 5.41) is 7.41. The fraction of sp³-hybridized carbons (Fsp3) is 0.471. The minimum absolute atomic E-state index is 0.0397. The van der Waals surface area contributed by atoms with E-state index in [9.17, 15) is 9.59 Å². The lowest BCUT2D eigenvalue weighted by molar-refractivity contribution is -0.126. The molecule has 0 heterocycles. The smallest absolute Gasteiger partial charge is 0.243 e. The largest absolute Gasteiger partial charge is 0.326 e. The predicted molar refractivity (Wildman–Crippen MR) is 92.5 cm³/mol. The summed E-state index contributed by atoms with van der Waals surface area (Å²) in [7, 11) is 0. The van der Waals surface area contributed by atoms with Crippen LogP contribution in [0, 0.1) is 5.92 Å². The second-order valence-corrected chi connectivity index (χ2v) is 6.33. The molecule has 0 bridgehead atoms. The molecule has 1 saturated carbocycles. The number of carbonyl (C=O) groups is 2. The minimum atomic E-state index is -0.180. The average Bonchev–Trinajstić information content (AvgIpc) is 2.55. The maximum absolute atomic E-state index is 12.0. The van der Waals surface area contributed by atoms with Gasteiger partial charge in [-0.1, -0.05) is 30.9 Å². The Balaban J connectivity index is 1.78. The number of anilines is 1. The summed E-state index contributed by atoms with van der Waals surface area (Å²) in [5.74, 6) is -0.161. The highest BCUT2D eigenvalue weighted by Gasteiger charge is 2.20. The Bertz CT molecular complexity index is 578. The highest BCUT2D eigenvalue weighted by molar-refractivity contribution is 6.30. The molecule has 0 aromatic heterocycles. The Labute approximate surface area is 141 Å². The standard InChI is InChI=1S/C17H22ClN3O2/c1-12(20-21-17(23)13-5-3-2-4-6-13)11-16(22)19-15-9-7-14(18)8-10-15/h7-10,13H,2-6,11H2,1H3,(H,19,22)(H,21,23). The number of hydrazone groups is 1. The van der Waals surface area contributed by atoms with Crippen molar-refractivity contribution < 1.29 is 9.59 Å². The average molecular weight is 336 g/mol. The molecule has 0 atom stereocenters. The highest BCUT2D eigenvalue weighted by atomic mass is 35.5. The van der Waals surface area contributed by atoms with Gasteiger partial charge in [-0.05, 0) is 44.0 Å². The quantitative estimate of drug-likeness (QED) is 0.635. The van der Waals surface area contributed by atoms with Crippen molar-refractivity contribution in [2.24, 2.45) is 11.0 Å². The zero-order valence-corrected chi connectivity index (χ0v) is 14.0. The van der Waals surface area contributed by atoms with Gasteiger partial charge < -0.3 is 5.32 Å². The molecule has 5 nitrogen and oxygen atoms in total. The van der Waals surface area contributed by atoms with Crippen LogP contribution in [0.25, 0.3) is 0 Å². The normalized spacial score (nSPS) is 16.0. The first-order chi connectivity index (χ1) is 11.0. The van der Waals surface area contributed by atoms with Gasteiger partial charge in [0.15, 0.2) is 0 Å². The molecular formula is C17H22ClN3O2. The number of amides is 2. The molecule has 2 amide bonds. The van der Waals surface area contributed by atoms with Crippen molar-refractivity contribution in [2.75, 3.05) is 5.32 Å². The van der Waals surface area contributed by atoms with Gasteiger partial charge in [0.2, 0.25) is 11.8 Å². The molecule has 2 N–H and O–H groups in total. The zero-order chi connectivity index (χ0) is 16.7. The Morgan fingerprint density at radius 1 is 1.17 bits per heavy atom. The molecule has 23 heavy (non-hydrogen) atoms. The number of benzene rings is 1. The van der Waals surface area contributed by atoms with Crippen molar-refractivity contribution in [1.29, 1.82) is 0 Å². The van der Waals surface area contributed by atoms with Crippen LogP contribution in [0.2, 0.25) is 5.02 Å². The maximum Gasteiger partial charge on any atom is 0.243 e. The van der Waals surface area contributed by atoms with E-state index in [1.807, 2.05) is 0 Å². The molecule has 0 saturated heterocycles. The maximum atomic E-state index is 12.0. The molecule has 1 fully saturated rings. The van der Waals surface area contributed by atoms with Crippen molar-refractivity contribution in [3.8, 4) is 0 Å². The van der Waals surface area contributed by atoms with E-state index in [-0.39, 0.29) is 24.2 Å². The molecule has 0 unspecified atom stereocenters. The van der Waals surface area contributed by atoms with E-state index in [1.54, 1.807) is 31.2 Å². The Kier molecular flexibility index (Phi) is 6.59. The number of nitrogens with one attached hydrogen (secondary N) is 2. The molecule has 2 rings (SSSR count). The van der Waals surface area contributed by atoms with Crippen molar-refractivity contribution in [3.63, 3.8) is 0 Å². The van der Waals surface area contributed by atoms with Gasteiger partial charge in [-0.2, -0.15) is 5.10 Å². The molecule has 1 aliphatic rings. The summed E-state index contributed by atoms with van der Waals surface area (Å²) in [5.41, 5.74) is 3.83. The van der Waals surface area contributed by atoms with Crippen molar-refractivity contribution in [1.82, 2.24) is 5.43 Å². The molecular weight excluding hydrogens is 314 g/mol. The van der Waals surface area contributed by atoms with Crippen LogP contribution in [0.4, 0.5) is 5.69 Å². The van der Waals surface area contributed by atoms with Gasteiger partial charge in [0, 0.05) is 22.3 Å².